The fourth-order valence-corrected chi connectivity index (χ4v) is 2.61. The van der Waals surface area contributed by atoms with Gasteiger partial charge in [-0.2, -0.15) is 0 Å². The zero-order chi connectivity index (χ0) is 19.1. The molecule has 1 aliphatic rings. The molecule has 2 N–H and O–H groups in total. The summed E-state index contributed by atoms with van der Waals surface area (Å²) in [5.41, 5.74) is 0.826. The Morgan fingerprint density at radius 1 is 1.19 bits per heavy atom. The summed E-state index contributed by atoms with van der Waals surface area (Å²) < 4.78 is 20.8. The van der Waals surface area contributed by atoms with Gasteiger partial charge in [0, 0.05) is 6.92 Å². The zero-order valence-electron chi connectivity index (χ0n) is 14.1. The molecule has 8 nitrogen and oxygen atoms in total. The van der Waals surface area contributed by atoms with E-state index in [1.54, 1.807) is 0 Å². The number of carbonyl (C=O) groups is 2. The average molecular weight is 389 g/mol. The highest BCUT2D eigenvalue weighted by Crippen LogP contribution is 2.26. The normalized spacial score (nSPS) is 28.4. The molecule has 0 radical (unpaired) electrons. The molecule has 144 valence electrons. The number of hydrogen-bond acceptors (Lipinski definition) is 8. The lowest BCUT2D eigenvalue weighted by Gasteiger charge is -2.41. The van der Waals surface area contributed by atoms with Gasteiger partial charge in [0.25, 0.3) is 0 Å². The highest BCUT2D eigenvalue weighted by atomic mass is 35.5. The molecule has 0 aromatic heterocycles. The molecule has 1 aliphatic heterocycles. The first-order valence-corrected chi connectivity index (χ1v) is 8.51. The summed E-state index contributed by atoms with van der Waals surface area (Å²) in [6.07, 6.45) is -6.24. The van der Waals surface area contributed by atoms with Crippen molar-refractivity contribution in [2.24, 2.45) is 0 Å². The number of aliphatic hydroxyl groups is 2. The number of aliphatic hydroxyl groups excluding tert-OH is 2. The van der Waals surface area contributed by atoms with E-state index in [4.69, 9.17) is 30.5 Å². The maximum Gasteiger partial charge on any atom is 0.320 e. The second-order valence-electron chi connectivity index (χ2n) is 5.71. The van der Waals surface area contributed by atoms with E-state index in [0.717, 1.165) is 5.56 Å². The number of benzene rings is 1. The SMILES string of the molecule is CC(=O)O[C@H]1[C@@H](OCc2ccccc2)[C@H](O)[C@@H](COC(=O)CCl)O[C@@H]1O. The summed E-state index contributed by atoms with van der Waals surface area (Å²) in [5.74, 6) is -1.71. The molecule has 0 bridgehead atoms. The molecule has 1 fully saturated rings. The van der Waals surface area contributed by atoms with Crippen molar-refractivity contribution in [3.8, 4) is 0 Å². The molecular weight excluding hydrogens is 368 g/mol. The van der Waals surface area contributed by atoms with Gasteiger partial charge in [0.05, 0.1) is 6.61 Å². The lowest BCUT2D eigenvalue weighted by molar-refractivity contribution is -0.299. The second-order valence-corrected chi connectivity index (χ2v) is 5.97. The molecule has 1 aromatic carbocycles. The number of carbonyl (C=O) groups excluding carboxylic acids is 2. The number of ether oxygens (including phenoxy) is 4. The molecule has 1 heterocycles. The van der Waals surface area contributed by atoms with E-state index < -0.39 is 42.6 Å². The van der Waals surface area contributed by atoms with Gasteiger partial charge in [-0.25, -0.2) is 0 Å². The van der Waals surface area contributed by atoms with Gasteiger partial charge in [-0.1, -0.05) is 30.3 Å². The van der Waals surface area contributed by atoms with Crippen LogP contribution in [0.15, 0.2) is 30.3 Å². The van der Waals surface area contributed by atoms with E-state index in [0.29, 0.717) is 0 Å². The standard InChI is InChI=1S/C17H21ClO8/c1-10(19)25-16-15(24-8-11-5-3-2-4-6-11)14(21)12(26-17(16)22)9-23-13(20)7-18/h2-6,12,14-17,21-22H,7-9H2,1H3/t12-,14-,15+,16+,17+/m1/s1. The van der Waals surface area contributed by atoms with Gasteiger partial charge < -0.3 is 29.2 Å². The van der Waals surface area contributed by atoms with Crippen molar-refractivity contribution in [3.63, 3.8) is 0 Å². The summed E-state index contributed by atoms with van der Waals surface area (Å²) >= 11 is 5.35. The van der Waals surface area contributed by atoms with Crippen LogP contribution in [0, 0.1) is 0 Å². The Kier molecular flexibility index (Phi) is 7.80. The van der Waals surface area contributed by atoms with Crippen molar-refractivity contribution in [1.82, 2.24) is 0 Å². The summed E-state index contributed by atoms with van der Waals surface area (Å²) in [4.78, 5) is 22.5. The molecule has 2 rings (SSSR count). The Bertz CT molecular complexity index is 596. The van der Waals surface area contributed by atoms with Gasteiger partial charge in [0.2, 0.25) is 0 Å². The first-order valence-electron chi connectivity index (χ1n) is 7.98. The third-order valence-corrected chi connectivity index (χ3v) is 3.96. The zero-order valence-corrected chi connectivity index (χ0v) is 14.9. The van der Waals surface area contributed by atoms with Gasteiger partial charge in [0.1, 0.15) is 30.8 Å². The smallest absolute Gasteiger partial charge is 0.320 e. The van der Waals surface area contributed by atoms with Gasteiger partial charge in [-0.3, -0.25) is 9.59 Å². The Hall–Kier alpha value is -1.71. The maximum atomic E-state index is 11.3. The Labute approximate surface area is 155 Å². The quantitative estimate of drug-likeness (QED) is 0.509. The molecule has 26 heavy (non-hydrogen) atoms. The van der Waals surface area contributed by atoms with Crippen molar-refractivity contribution >= 4 is 23.5 Å². The van der Waals surface area contributed by atoms with Crippen LogP contribution < -0.4 is 0 Å². The van der Waals surface area contributed by atoms with Gasteiger partial charge in [-0.05, 0) is 5.56 Å². The Morgan fingerprint density at radius 3 is 2.50 bits per heavy atom. The lowest BCUT2D eigenvalue weighted by Crippen LogP contribution is -2.60. The minimum absolute atomic E-state index is 0.112. The lowest BCUT2D eigenvalue weighted by atomic mass is 9.98. The molecule has 0 unspecified atom stereocenters. The van der Waals surface area contributed by atoms with Crippen molar-refractivity contribution in [3.05, 3.63) is 35.9 Å². The average Bonchev–Trinajstić information content (AvgIpc) is 2.63. The molecule has 0 aliphatic carbocycles. The molecule has 1 aromatic rings. The van der Waals surface area contributed by atoms with E-state index >= 15 is 0 Å². The number of halogens is 1. The topological polar surface area (TPSA) is 112 Å². The number of rotatable bonds is 7. The van der Waals surface area contributed by atoms with Crippen LogP contribution >= 0.6 is 11.6 Å². The second kappa shape index (κ2) is 9.84. The van der Waals surface area contributed by atoms with E-state index in [2.05, 4.69) is 0 Å². The molecule has 5 atom stereocenters. The largest absolute Gasteiger partial charge is 0.462 e. The first kappa shape index (κ1) is 20.6. The Balaban J connectivity index is 2.09. The van der Waals surface area contributed by atoms with Crippen LogP contribution in [0.2, 0.25) is 0 Å². The minimum atomic E-state index is -1.55. The van der Waals surface area contributed by atoms with Crippen molar-refractivity contribution in [1.29, 1.82) is 0 Å². The predicted molar refractivity (Wildman–Crippen MR) is 89.1 cm³/mol. The van der Waals surface area contributed by atoms with E-state index in [-0.39, 0.29) is 19.1 Å². The minimum Gasteiger partial charge on any atom is -0.462 e. The first-order chi connectivity index (χ1) is 12.4. The number of esters is 2. The summed E-state index contributed by atoms with van der Waals surface area (Å²) in [7, 11) is 0. The van der Waals surface area contributed by atoms with Crippen molar-refractivity contribution < 1.29 is 38.7 Å². The third kappa shape index (κ3) is 5.65. The molecule has 0 amide bonds. The van der Waals surface area contributed by atoms with Crippen LogP contribution in [0.25, 0.3) is 0 Å². The molecule has 0 saturated carbocycles. The summed E-state index contributed by atoms with van der Waals surface area (Å²) in [6.45, 7) is 0.949. The fourth-order valence-electron chi connectivity index (χ4n) is 2.53. The van der Waals surface area contributed by atoms with Crippen LogP contribution in [0.3, 0.4) is 0 Å². The summed E-state index contributed by atoms with van der Waals surface area (Å²) in [5, 5.41) is 20.7. The van der Waals surface area contributed by atoms with E-state index in [9.17, 15) is 19.8 Å². The number of hydrogen-bond donors (Lipinski definition) is 2. The monoisotopic (exact) mass is 388 g/mol. The molecule has 9 heteroatoms. The van der Waals surface area contributed by atoms with Gasteiger partial charge >= 0.3 is 11.9 Å². The van der Waals surface area contributed by atoms with Crippen molar-refractivity contribution in [2.45, 2.75) is 44.2 Å². The third-order valence-electron chi connectivity index (χ3n) is 3.74. The van der Waals surface area contributed by atoms with Gasteiger partial charge in [0.15, 0.2) is 12.4 Å². The van der Waals surface area contributed by atoms with E-state index in [1.807, 2.05) is 30.3 Å². The van der Waals surface area contributed by atoms with Crippen molar-refractivity contribution in [2.75, 3.05) is 12.5 Å². The highest BCUT2D eigenvalue weighted by molar-refractivity contribution is 6.26. The fraction of sp³-hybridized carbons (Fsp3) is 0.529. The van der Waals surface area contributed by atoms with Crippen LogP contribution in [-0.2, 0) is 35.1 Å². The molecule has 0 spiro atoms. The van der Waals surface area contributed by atoms with Crippen LogP contribution in [0.4, 0.5) is 0 Å². The predicted octanol–water partition coefficient (Wildman–Crippen LogP) is 0.364. The highest BCUT2D eigenvalue weighted by Gasteiger charge is 2.47. The maximum absolute atomic E-state index is 11.3. The number of alkyl halides is 1. The van der Waals surface area contributed by atoms with Crippen LogP contribution in [0.5, 0.6) is 0 Å². The van der Waals surface area contributed by atoms with Crippen LogP contribution in [0.1, 0.15) is 12.5 Å². The summed E-state index contributed by atoms with van der Waals surface area (Å²) in [6, 6.07) is 9.14. The molecular formula is C17H21ClO8. The molecule has 1 saturated heterocycles. The van der Waals surface area contributed by atoms with Gasteiger partial charge in [-0.15, -0.1) is 11.6 Å². The Morgan fingerprint density at radius 2 is 1.88 bits per heavy atom. The van der Waals surface area contributed by atoms with Crippen LogP contribution in [-0.4, -0.2) is 65.3 Å². The van der Waals surface area contributed by atoms with E-state index in [1.165, 1.54) is 6.92 Å².